The van der Waals surface area contributed by atoms with E-state index in [9.17, 15) is 9.59 Å². The van der Waals surface area contributed by atoms with Crippen LogP contribution < -0.4 is 18.9 Å². The molecule has 0 saturated heterocycles. The van der Waals surface area contributed by atoms with Crippen molar-refractivity contribution in [3.05, 3.63) is 47.5 Å². The van der Waals surface area contributed by atoms with Crippen LogP contribution in [-0.2, 0) is 4.74 Å². The third-order valence-corrected chi connectivity index (χ3v) is 3.99. The van der Waals surface area contributed by atoms with Crippen LogP contribution in [0.5, 0.6) is 23.0 Å². The standard InChI is InChI=1S/C22H26O7/c1-14(2)12-28-17-8-6-15(7-9-17)22(24)29-13-18(23)16-10-19(25-3)21(27-5)20(11-16)26-4/h6-11,14H,12-13H2,1-5H3. The molecule has 0 aliphatic rings. The number of methoxy groups -OCH3 is 3. The fourth-order valence-electron chi connectivity index (χ4n) is 2.49. The third-order valence-electron chi connectivity index (χ3n) is 3.99. The summed E-state index contributed by atoms with van der Waals surface area (Å²) in [5, 5.41) is 0. The highest BCUT2D eigenvalue weighted by Crippen LogP contribution is 2.38. The number of benzene rings is 2. The average molecular weight is 402 g/mol. The topological polar surface area (TPSA) is 80.3 Å². The second kappa shape index (κ2) is 10.4. The summed E-state index contributed by atoms with van der Waals surface area (Å²) >= 11 is 0. The number of rotatable bonds is 10. The summed E-state index contributed by atoms with van der Waals surface area (Å²) in [5.74, 6) is 1.15. The Balaban J connectivity index is 2.02. The molecule has 2 rings (SSSR count). The highest BCUT2D eigenvalue weighted by atomic mass is 16.5. The van der Waals surface area contributed by atoms with E-state index in [1.165, 1.54) is 33.5 Å². The van der Waals surface area contributed by atoms with E-state index >= 15 is 0 Å². The van der Waals surface area contributed by atoms with E-state index in [0.717, 1.165) is 0 Å². The number of ether oxygens (including phenoxy) is 5. The van der Waals surface area contributed by atoms with Gasteiger partial charge in [0.1, 0.15) is 5.75 Å². The van der Waals surface area contributed by atoms with Crippen molar-refractivity contribution < 1.29 is 33.3 Å². The lowest BCUT2D eigenvalue weighted by molar-refractivity contribution is 0.0474. The molecular weight excluding hydrogens is 376 g/mol. The van der Waals surface area contributed by atoms with Gasteiger partial charge in [0.25, 0.3) is 0 Å². The average Bonchev–Trinajstić information content (AvgIpc) is 2.74. The lowest BCUT2D eigenvalue weighted by atomic mass is 10.1. The van der Waals surface area contributed by atoms with Crippen molar-refractivity contribution in [3.63, 3.8) is 0 Å². The maximum Gasteiger partial charge on any atom is 0.338 e. The molecule has 2 aromatic carbocycles. The Morgan fingerprint density at radius 3 is 1.93 bits per heavy atom. The van der Waals surface area contributed by atoms with Gasteiger partial charge < -0.3 is 23.7 Å². The molecule has 0 fully saturated rings. The van der Waals surface area contributed by atoms with Crippen molar-refractivity contribution in [1.82, 2.24) is 0 Å². The second-order valence-corrected chi connectivity index (χ2v) is 6.64. The molecule has 7 heteroatoms. The summed E-state index contributed by atoms with van der Waals surface area (Å²) in [5.41, 5.74) is 0.615. The Kier molecular flexibility index (Phi) is 7.88. The monoisotopic (exact) mass is 402 g/mol. The number of hydrogen-bond donors (Lipinski definition) is 0. The zero-order valence-corrected chi connectivity index (χ0v) is 17.3. The first kappa shape index (κ1) is 22.1. The van der Waals surface area contributed by atoms with E-state index in [1.54, 1.807) is 24.3 Å². The maximum atomic E-state index is 12.5. The fourth-order valence-corrected chi connectivity index (χ4v) is 2.49. The quantitative estimate of drug-likeness (QED) is 0.442. The molecule has 0 radical (unpaired) electrons. The Morgan fingerprint density at radius 1 is 0.862 bits per heavy atom. The van der Waals surface area contributed by atoms with Crippen LogP contribution in [0, 0.1) is 5.92 Å². The van der Waals surface area contributed by atoms with Crippen LogP contribution in [0.4, 0.5) is 0 Å². The summed E-state index contributed by atoms with van der Waals surface area (Å²) < 4.78 is 26.4. The van der Waals surface area contributed by atoms with Gasteiger partial charge in [-0.05, 0) is 42.3 Å². The number of ketones is 1. The summed E-state index contributed by atoms with van der Waals surface area (Å²) in [7, 11) is 4.39. The normalized spacial score (nSPS) is 10.4. The fraction of sp³-hybridized carbons (Fsp3) is 0.364. The lowest BCUT2D eigenvalue weighted by Crippen LogP contribution is -2.14. The molecule has 0 N–H and O–H groups in total. The van der Waals surface area contributed by atoms with Crippen LogP contribution in [0.2, 0.25) is 0 Å². The van der Waals surface area contributed by atoms with Crippen LogP contribution in [0.3, 0.4) is 0 Å². The van der Waals surface area contributed by atoms with Crippen LogP contribution in [0.25, 0.3) is 0 Å². The molecule has 0 unspecified atom stereocenters. The molecular formula is C22H26O7. The van der Waals surface area contributed by atoms with Crippen molar-refractivity contribution in [2.24, 2.45) is 5.92 Å². The van der Waals surface area contributed by atoms with Gasteiger partial charge in [0.2, 0.25) is 11.5 Å². The van der Waals surface area contributed by atoms with Gasteiger partial charge in [-0.15, -0.1) is 0 Å². The highest BCUT2D eigenvalue weighted by Gasteiger charge is 2.18. The highest BCUT2D eigenvalue weighted by molar-refractivity contribution is 6.00. The van der Waals surface area contributed by atoms with Crippen molar-refractivity contribution in [1.29, 1.82) is 0 Å². The van der Waals surface area contributed by atoms with Gasteiger partial charge in [0.15, 0.2) is 18.1 Å². The van der Waals surface area contributed by atoms with Crippen molar-refractivity contribution in [3.8, 4) is 23.0 Å². The number of Topliss-reactive ketones (excluding diaryl/α,β-unsaturated/α-hetero) is 1. The van der Waals surface area contributed by atoms with Gasteiger partial charge in [0, 0.05) is 5.56 Å². The largest absolute Gasteiger partial charge is 0.493 e. The smallest absolute Gasteiger partial charge is 0.338 e. The SMILES string of the molecule is COc1cc(C(=O)COC(=O)c2ccc(OCC(C)C)cc2)cc(OC)c1OC. The molecule has 2 aromatic rings. The number of esters is 1. The summed E-state index contributed by atoms with van der Waals surface area (Å²) in [6, 6.07) is 9.61. The minimum absolute atomic E-state index is 0.282. The van der Waals surface area contributed by atoms with Gasteiger partial charge in [-0.1, -0.05) is 13.8 Å². The maximum absolute atomic E-state index is 12.5. The molecule has 0 atom stereocenters. The first-order chi connectivity index (χ1) is 13.9. The number of carbonyl (C=O) groups excluding carboxylic acids is 2. The summed E-state index contributed by atoms with van der Waals surface area (Å²) in [6.45, 7) is 4.28. The molecule has 0 bridgehead atoms. The Morgan fingerprint density at radius 2 is 1.45 bits per heavy atom. The zero-order valence-electron chi connectivity index (χ0n) is 17.3. The molecule has 0 aromatic heterocycles. The predicted molar refractivity (Wildman–Crippen MR) is 107 cm³/mol. The molecule has 0 saturated carbocycles. The summed E-state index contributed by atoms with van der Waals surface area (Å²) in [4.78, 5) is 24.7. The third kappa shape index (κ3) is 5.88. The van der Waals surface area contributed by atoms with E-state index in [-0.39, 0.29) is 5.56 Å². The first-order valence-electron chi connectivity index (χ1n) is 9.12. The van der Waals surface area contributed by atoms with Crippen molar-refractivity contribution in [2.75, 3.05) is 34.5 Å². The van der Waals surface area contributed by atoms with Gasteiger partial charge >= 0.3 is 5.97 Å². The molecule has 0 heterocycles. The molecule has 7 nitrogen and oxygen atoms in total. The molecule has 0 spiro atoms. The van der Waals surface area contributed by atoms with E-state index in [0.29, 0.717) is 41.1 Å². The lowest BCUT2D eigenvalue weighted by Gasteiger charge is -2.13. The van der Waals surface area contributed by atoms with Crippen LogP contribution >= 0.6 is 0 Å². The Labute approximate surface area is 170 Å². The Hall–Kier alpha value is -3.22. The number of carbonyl (C=O) groups is 2. The van der Waals surface area contributed by atoms with Crippen LogP contribution in [-0.4, -0.2) is 46.3 Å². The molecule has 156 valence electrons. The zero-order chi connectivity index (χ0) is 21.4. The molecule has 29 heavy (non-hydrogen) atoms. The minimum atomic E-state index is -0.596. The van der Waals surface area contributed by atoms with Gasteiger partial charge in [0.05, 0.1) is 33.5 Å². The van der Waals surface area contributed by atoms with E-state index < -0.39 is 18.4 Å². The number of hydrogen-bond acceptors (Lipinski definition) is 7. The molecule has 0 aliphatic carbocycles. The van der Waals surface area contributed by atoms with Gasteiger partial charge in [-0.2, -0.15) is 0 Å². The molecule has 0 amide bonds. The predicted octanol–water partition coefficient (Wildman–Crippen LogP) is 3.79. The van der Waals surface area contributed by atoms with Crippen molar-refractivity contribution in [2.45, 2.75) is 13.8 Å². The first-order valence-corrected chi connectivity index (χ1v) is 9.12. The van der Waals surface area contributed by atoms with E-state index in [4.69, 9.17) is 23.7 Å². The van der Waals surface area contributed by atoms with Gasteiger partial charge in [-0.3, -0.25) is 4.79 Å². The Bertz CT molecular complexity index is 816. The van der Waals surface area contributed by atoms with Crippen LogP contribution in [0.15, 0.2) is 36.4 Å². The minimum Gasteiger partial charge on any atom is -0.493 e. The molecule has 0 aliphatic heterocycles. The van der Waals surface area contributed by atoms with Crippen LogP contribution in [0.1, 0.15) is 34.6 Å². The van der Waals surface area contributed by atoms with Crippen molar-refractivity contribution >= 4 is 11.8 Å². The summed E-state index contributed by atoms with van der Waals surface area (Å²) in [6.07, 6.45) is 0. The van der Waals surface area contributed by atoms with E-state index in [1.807, 2.05) is 0 Å². The van der Waals surface area contributed by atoms with E-state index in [2.05, 4.69) is 13.8 Å². The second-order valence-electron chi connectivity index (χ2n) is 6.64. The van der Waals surface area contributed by atoms with Gasteiger partial charge in [-0.25, -0.2) is 4.79 Å².